The van der Waals surface area contributed by atoms with Crippen LogP contribution in [0.3, 0.4) is 0 Å². The van der Waals surface area contributed by atoms with E-state index in [1.807, 2.05) is 0 Å². The minimum absolute atomic E-state index is 0.0382. The molecule has 0 aliphatic carbocycles. The summed E-state index contributed by atoms with van der Waals surface area (Å²) in [6, 6.07) is 12.9. The molecule has 164 valence electrons. The topological polar surface area (TPSA) is 114 Å². The third kappa shape index (κ3) is 3.81. The summed E-state index contributed by atoms with van der Waals surface area (Å²) < 4.78 is 8.98. The van der Waals surface area contributed by atoms with Crippen molar-refractivity contribution in [3.8, 4) is 5.69 Å². The first-order chi connectivity index (χ1) is 15.4. The number of imidazole rings is 1. The molecule has 4 rings (SSSR count). The standard InChI is InChI=1S/C21H18ClN5O5/c1-32-10-9-25-20(28)18-19(26(21(25)29)17-8-3-2-7-16(17)22)23-13-24(18)12-14-5-4-6-15(11-14)27(30)31/h2-8,11,13H,9-10,12H2,1H3. The summed E-state index contributed by atoms with van der Waals surface area (Å²) in [6.45, 7) is 0.344. The van der Waals surface area contributed by atoms with Crippen LogP contribution in [0, 0.1) is 10.1 Å². The van der Waals surface area contributed by atoms with Gasteiger partial charge in [-0.15, -0.1) is 0 Å². The van der Waals surface area contributed by atoms with E-state index in [0.717, 1.165) is 4.57 Å². The number of non-ortho nitro benzene ring substituents is 1. The SMILES string of the molecule is COCCn1c(=O)c2c(ncn2Cc2cccc([N+](=O)[O-])c2)n(-c2ccccc2Cl)c1=O. The lowest BCUT2D eigenvalue weighted by atomic mass is 10.2. The first-order valence-corrected chi connectivity index (χ1v) is 9.98. The van der Waals surface area contributed by atoms with Crippen molar-refractivity contribution in [1.29, 1.82) is 0 Å². The summed E-state index contributed by atoms with van der Waals surface area (Å²) in [7, 11) is 1.47. The molecule has 0 atom stereocenters. The van der Waals surface area contributed by atoms with Crippen molar-refractivity contribution < 1.29 is 9.66 Å². The molecule has 0 unspecified atom stereocenters. The molecule has 0 fully saturated rings. The van der Waals surface area contributed by atoms with Gasteiger partial charge in [0.15, 0.2) is 11.2 Å². The molecule has 0 radical (unpaired) electrons. The third-order valence-corrected chi connectivity index (χ3v) is 5.31. The number of rotatable bonds is 7. The Hall–Kier alpha value is -3.76. The predicted molar refractivity (Wildman–Crippen MR) is 119 cm³/mol. The fourth-order valence-electron chi connectivity index (χ4n) is 3.49. The molecule has 0 bridgehead atoms. The Morgan fingerprint density at radius 3 is 2.66 bits per heavy atom. The van der Waals surface area contributed by atoms with Gasteiger partial charge in [0.25, 0.3) is 11.2 Å². The van der Waals surface area contributed by atoms with Gasteiger partial charge in [-0.3, -0.25) is 19.5 Å². The van der Waals surface area contributed by atoms with Crippen LogP contribution in [-0.2, 0) is 17.8 Å². The largest absolute Gasteiger partial charge is 0.383 e. The van der Waals surface area contributed by atoms with Crippen molar-refractivity contribution in [2.75, 3.05) is 13.7 Å². The van der Waals surface area contributed by atoms with Gasteiger partial charge in [-0.1, -0.05) is 35.9 Å². The lowest BCUT2D eigenvalue weighted by Gasteiger charge is -2.13. The van der Waals surface area contributed by atoms with E-state index >= 15 is 0 Å². The molecule has 11 heteroatoms. The summed E-state index contributed by atoms with van der Waals surface area (Å²) >= 11 is 6.34. The van der Waals surface area contributed by atoms with Crippen LogP contribution < -0.4 is 11.2 Å². The number of hydrogen-bond acceptors (Lipinski definition) is 6. The van der Waals surface area contributed by atoms with E-state index in [0.29, 0.717) is 16.3 Å². The molecule has 10 nitrogen and oxygen atoms in total. The fourth-order valence-corrected chi connectivity index (χ4v) is 3.72. The number of nitro groups is 1. The molecule has 2 heterocycles. The van der Waals surface area contributed by atoms with E-state index < -0.39 is 16.2 Å². The van der Waals surface area contributed by atoms with Crippen LogP contribution in [-0.4, -0.2) is 37.3 Å². The highest BCUT2D eigenvalue weighted by atomic mass is 35.5. The molecule has 2 aromatic heterocycles. The van der Waals surface area contributed by atoms with Crippen LogP contribution >= 0.6 is 11.6 Å². The smallest absolute Gasteiger partial charge is 0.337 e. The van der Waals surface area contributed by atoms with Crippen molar-refractivity contribution >= 4 is 28.5 Å². The van der Waals surface area contributed by atoms with Crippen molar-refractivity contribution in [3.05, 3.63) is 96.4 Å². The Bertz CT molecular complexity index is 1440. The highest BCUT2D eigenvalue weighted by Gasteiger charge is 2.20. The van der Waals surface area contributed by atoms with Crippen LogP contribution in [0.1, 0.15) is 5.56 Å². The average molecular weight is 456 g/mol. The second-order valence-corrected chi connectivity index (χ2v) is 7.40. The molecule has 0 aliphatic heterocycles. The lowest BCUT2D eigenvalue weighted by molar-refractivity contribution is -0.384. The molecule has 0 amide bonds. The summed E-state index contributed by atoms with van der Waals surface area (Å²) in [5, 5.41) is 11.4. The van der Waals surface area contributed by atoms with E-state index in [1.165, 1.54) is 30.1 Å². The van der Waals surface area contributed by atoms with E-state index in [-0.39, 0.29) is 36.5 Å². The van der Waals surface area contributed by atoms with Crippen molar-refractivity contribution in [1.82, 2.24) is 18.7 Å². The lowest BCUT2D eigenvalue weighted by Crippen LogP contribution is -2.41. The van der Waals surface area contributed by atoms with E-state index in [9.17, 15) is 19.7 Å². The average Bonchev–Trinajstić information content (AvgIpc) is 3.18. The maximum absolute atomic E-state index is 13.3. The van der Waals surface area contributed by atoms with Crippen LogP contribution in [0.2, 0.25) is 5.02 Å². The number of nitrogens with zero attached hydrogens (tertiary/aromatic N) is 5. The van der Waals surface area contributed by atoms with Gasteiger partial charge in [-0.25, -0.2) is 14.3 Å². The number of benzene rings is 2. The summed E-state index contributed by atoms with van der Waals surface area (Å²) in [5.74, 6) is 0. The fraction of sp³-hybridized carbons (Fsp3) is 0.190. The van der Waals surface area contributed by atoms with Crippen LogP contribution in [0.15, 0.2) is 64.4 Å². The van der Waals surface area contributed by atoms with Crippen LogP contribution in [0.25, 0.3) is 16.9 Å². The molecule has 0 saturated carbocycles. The van der Waals surface area contributed by atoms with Gasteiger partial charge < -0.3 is 9.30 Å². The molecule has 4 aromatic rings. The monoisotopic (exact) mass is 455 g/mol. The number of para-hydroxylation sites is 1. The van der Waals surface area contributed by atoms with Crippen molar-refractivity contribution in [2.45, 2.75) is 13.1 Å². The van der Waals surface area contributed by atoms with Gasteiger partial charge >= 0.3 is 5.69 Å². The highest BCUT2D eigenvalue weighted by Crippen LogP contribution is 2.22. The molecular weight excluding hydrogens is 438 g/mol. The number of fused-ring (bicyclic) bond motifs is 1. The predicted octanol–water partition coefficient (Wildman–Crippen LogP) is 2.61. The Balaban J connectivity index is 1.96. The van der Waals surface area contributed by atoms with Gasteiger partial charge in [0, 0.05) is 25.8 Å². The maximum atomic E-state index is 13.3. The highest BCUT2D eigenvalue weighted by molar-refractivity contribution is 6.32. The summed E-state index contributed by atoms with van der Waals surface area (Å²) in [5.41, 5.74) is 0.131. The molecule has 32 heavy (non-hydrogen) atoms. The minimum Gasteiger partial charge on any atom is -0.383 e. The number of methoxy groups -OCH3 is 1. The van der Waals surface area contributed by atoms with Gasteiger partial charge in [0.2, 0.25) is 0 Å². The zero-order chi connectivity index (χ0) is 22.8. The Kier molecular flexibility index (Phi) is 5.89. The zero-order valence-electron chi connectivity index (χ0n) is 17.0. The number of halogens is 1. The second kappa shape index (κ2) is 8.77. The van der Waals surface area contributed by atoms with E-state index in [1.54, 1.807) is 41.0 Å². The van der Waals surface area contributed by atoms with E-state index in [2.05, 4.69) is 4.98 Å². The molecule has 0 saturated heterocycles. The number of hydrogen-bond donors (Lipinski definition) is 0. The molecule has 0 aliphatic rings. The minimum atomic E-state index is -0.590. The van der Waals surface area contributed by atoms with E-state index in [4.69, 9.17) is 16.3 Å². The molecular formula is C21H18ClN5O5. The van der Waals surface area contributed by atoms with Crippen molar-refractivity contribution in [3.63, 3.8) is 0 Å². The van der Waals surface area contributed by atoms with Gasteiger partial charge in [0.1, 0.15) is 0 Å². The second-order valence-electron chi connectivity index (χ2n) is 6.99. The van der Waals surface area contributed by atoms with Crippen molar-refractivity contribution in [2.24, 2.45) is 0 Å². The molecule has 0 N–H and O–H groups in total. The molecule has 2 aromatic carbocycles. The van der Waals surface area contributed by atoms with Crippen LogP contribution in [0.5, 0.6) is 0 Å². The molecule has 0 spiro atoms. The van der Waals surface area contributed by atoms with Gasteiger partial charge in [0.05, 0.1) is 35.1 Å². The maximum Gasteiger partial charge on any atom is 0.337 e. The Morgan fingerprint density at radius 2 is 1.94 bits per heavy atom. The normalized spacial score (nSPS) is 11.2. The van der Waals surface area contributed by atoms with Crippen LogP contribution in [0.4, 0.5) is 5.69 Å². The first kappa shape index (κ1) is 21.5. The summed E-state index contributed by atoms with van der Waals surface area (Å²) in [6.07, 6.45) is 1.43. The third-order valence-electron chi connectivity index (χ3n) is 4.99. The quantitative estimate of drug-likeness (QED) is 0.312. The zero-order valence-corrected chi connectivity index (χ0v) is 17.7. The van der Waals surface area contributed by atoms with Gasteiger partial charge in [-0.05, 0) is 17.7 Å². The number of aromatic nitrogens is 4. The number of ether oxygens (including phenoxy) is 1. The Morgan fingerprint density at radius 1 is 1.16 bits per heavy atom. The first-order valence-electron chi connectivity index (χ1n) is 9.60. The Labute approximate surface area is 186 Å². The van der Waals surface area contributed by atoms with Gasteiger partial charge in [-0.2, -0.15) is 0 Å². The summed E-state index contributed by atoms with van der Waals surface area (Å²) in [4.78, 5) is 41.4. The number of nitro benzene ring substituents is 1.